The second kappa shape index (κ2) is 4.21. The van der Waals surface area contributed by atoms with Gasteiger partial charge in [0.2, 0.25) is 0 Å². The molecule has 0 aliphatic heterocycles. The first-order chi connectivity index (χ1) is 4.10. The van der Waals surface area contributed by atoms with Gasteiger partial charge < -0.3 is 12.8 Å². The summed E-state index contributed by atoms with van der Waals surface area (Å²) in [7, 11) is 0. The minimum absolute atomic E-state index is 0. The molecular formula is C9H16Y-2. The van der Waals surface area contributed by atoms with Gasteiger partial charge in [0, 0.05) is 32.7 Å². The normalized spacial score (nSPS) is 25.5. The monoisotopic (exact) mass is 213 g/mol. The molecule has 0 spiro atoms. The minimum atomic E-state index is 0. The maximum absolute atomic E-state index is 4.15. The molecule has 0 aromatic heterocycles. The molecule has 0 bridgehead atoms. The predicted octanol–water partition coefficient (Wildman–Crippen LogP) is 2.99. The van der Waals surface area contributed by atoms with E-state index in [1.807, 2.05) is 0 Å². The van der Waals surface area contributed by atoms with Gasteiger partial charge in [0.05, 0.1) is 0 Å². The van der Waals surface area contributed by atoms with Crippen LogP contribution in [0.5, 0.6) is 0 Å². The molecular weight excluding hydrogens is 197 g/mol. The maximum Gasteiger partial charge on any atom is 0 e. The van der Waals surface area contributed by atoms with Gasteiger partial charge >= 0.3 is 0 Å². The second-order valence-corrected chi connectivity index (χ2v) is 3.77. The molecule has 0 N–H and O–H groups in total. The molecule has 1 rings (SSSR count). The Balaban J connectivity index is 0.000000810. The van der Waals surface area contributed by atoms with Crippen molar-refractivity contribution >= 4 is 0 Å². The number of hydrogen-bond donors (Lipinski definition) is 0. The van der Waals surface area contributed by atoms with E-state index in [1.165, 1.54) is 25.7 Å². The smallest absolute Gasteiger partial charge is 0 e. The third-order valence-corrected chi connectivity index (χ3v) is 2.31. The van der Waals surface area contributed by atoms with Gasteiger partial charge in [-0.25, -0.2) is 0 Å². The Morgan fingerprint density at radius 2 is 1.70 bits per heavy atom. The van der Waals surface area contributed by atoms with Crippen LogP contribution in [0.15, 0.2) is 0 Å². The van der Waals surface area contributed by atoms with Gasteiger partial charge in [0.25, 0.3) is 0 Å². The van der Waals surface area contributed by atoms with Crippen molar-refractivity contribution in [3.63, 3.8) is 0 Å². The van der Waals surface area contributed by atoms with Crippen LogP contribution in [0, 0.1) is 18.3 Å². The van der Waals surface area contributed by atoms with E-state index in [1.54, 1.807) is 5.92 Å². The number of rotatable bonds is 0. The van der Waals surface area contributed by atoms with E-state index < -0.39 is 0 Å². The Labute approximate surface area is 90.0 Å². The van der Waals surface area contributed by atoms with Gasteiger partial charge in [-0.3, -0.25) is 0 Å². The SMILES string of the molecule is [CH2-]C1(C)CC[C-](C)CC1.[Y]. The standard InChI is InChI=1S/C9H16.Y/c1-8-4-6-9(2,3)7-5-8;/h2,4-7H2,1,3H3;/q-2;. The van der Waals surface area contributed by atoms with Crippen LogP contribution in [0.1, 0.15) is 39.5 Å². The predicted molar refractivity (Wildman–Crippen MR) is 40.8 cm³/mol. The van der Waals surface area contributed by atoms with Crippen molar-refractivity contribution in [1.29, 1.82) is 0 Å². The van der Waals surface area contributed by atoms with E-state index in [2.05, 4.69) is 20.8 Å². The summed E-state index contributed by atoms with van der Waals surface area (Å²) in [6.45, 7) is 8.67. The first-order valence-corrected chi connectivity index (χ1v) is 3.77. The second-order valence-electron chi connectivity index (χ2n) is 3.77. The van der Waals surface area contributed by atoms with Crippen molar-refractivity contribution in [3.05, 3.63) is 12.8 Å². The van der Waals surface area contributed by atoms with E-state index in [0.29, 0.717) is 5.41 Å². The largest absolute Gasteiger partial charge is 0.338 e. The molecule has 10 heavy (non-hydrogen) atoms. The first-order valence-electron chi connectivity index (χ1n) is 3.77. The van der Waals surface area contributed by atoms with Gasteiger partial charge in [-0.2, -0.15) is 25.2 Å². The van der Waals surface area contributed by atoms with Crippen LogP contribution in [0.4, 0.5) is 0 Å². The summed E-state index contributed by atoms with van der Waals surface area (Å²) in [6, 6.07) is 0. The van der Waals surface area contributed by atoms with Gasteiger partial charge in [-0.15, -0.1) is 12.8 Å². The maximum atomic E-state index is 4.15. The van der Waals surface area contributed by atoms with Gasteiger partial charge in [0.1, 0.15) is 0 Å². The molecule has 0 nitrogen and oxygen atoms in total. The molecule has 0 atom stereocenters. The molecule has 0 amide bonds. The molecule has 1 aliphatic rings. The fraction of sp³-hybridized carbons (Fsp3) is 0.778. The van der Waals surface area contributed by atoms with Crippen molar-refractivity contribution in [2.24, 2.45) is 5.41 Å². The van der Waals surface area contributed by atoms with Crippen LogP contribution in [0.2, 0.25) is 0 Å². The van der Waals surface area contributed by atoms with Crippen molar-refractivity contribution < 1.29 is 32.7 Å². The molecule has 57 valence electrons. The van der Waals surface area contributed by atoms with Crippen molar-refractivity contribution in [2.75, 3.05) is 0 Å². The van der Waals surface area contributed by atoms with Crippen LogP contribution in [0.25, 0.3) is 0 Å². The first kappa shape index (κ1) is 11.1. The molecule has 0 aromatic rings. The van der Waals surface area contributed by atoms with E-state index in [4.69, 9.17) is 0 Å². The van der Waals surface area contributed by atoms with Crippen LogP contribution >= 0.6 is 0 Å². The van der Waals surface area contributed by atoms with Crippen molar-refractivity contribution in [2.45, 2.75) is 39.5 Å². The van der Waals surface area contributed by atoms with Crippen molar-refractivity contribution in [3.8, 4) is 0 Å². The quantitative estimate of drug-likeness (QED) is 0.542. The average molecular weight is 213 g/mol. The summed E-state index contributed by atoms with van der Waals surface area (Å²) < 4.78 is 0. The summed E-state index contributed by atoms with van der Waals surface area (Å²) >= 11 is 0. The summed E-state index contributed by atoms with van der Waals surface area (Å²) in [5.41, 5.74) is 0.388. The molecule has 0 heterocycles. The third-order valence-electron chi connectivity index (χ3n) is 2.31. The number of hydrogen-bond acceptors (Lipinski definition) is 0. The molecule has 1 fully saturated rings. The summed E-state index contributed by atoms with van der Waals surface area (Å²) in [4.78, 5) is 0. The Hall–Kier alpha value is 1.10. The summed E-state index contributed by atoms with van der Waals surface area (Å²) in [5.74, 6) is 1.66. The minimum Gasteiger partial charge on any atom is -0.338 e. The third kappa shape index (κ3) is 3.48. The van der Waals surface area contributed by atoms with Crippen LogP contribution < -0.4 is 0 Å². The van der Waals surface area contributed by atoms with Gasteiger partial charge in [0.15, 0.2) is 0 Å². The summed E-state index contributed by atoms with van der Waals surface area (Å²) in [5, 5.41) is 0. The van der Waals surface area contributed by atoms with Gasteiger partial charge in [-0.05, 0) is 0 Å². The average Bonchev–Trinajstić information content (AvgIpc) is 1.78. The molecule has 1 saturated carbocycles. The van der Waals surface area contributed by atoms with Crippen LogP contribution in [0.3, 0.4) is 0 Å². The summed E-state index contributed by atoms with van der Waals surface area (Å²) in [6.07, 6.45) is 5.19. The van der Waals surface area contributed by atoms with Crippen LogP contribution in [-0.4, -0.2) is 0 Å². The van der Waals surface area contributed by atoms with E-state index in [9.17, 15) is 0 Å². The molecule has 1 aliphatic carbocycles. The Kier molecular flexibility index (Phi) is 4.67. The molecule has 1 radical (unpaired) electrons. The fourth-order valence-electron chi connectivity index (χ4n) is 1.28. The van der Waals surface area contributed by atoms with E-state index >= 15 is 0 Å². The zero-order valence-corrected chi connectivity index (χ0v) is 9.95. The Morgan fingerprint density at radius 1 is 1.30 bits per heavy atom. The molecule has 0 aromatic carbocycles. The zero-order chi connectivity index (χ0) is 6.91. The van der Waals surface area contributed by atoms with E-state index in [-0.39, 0.29) is 32.7 Å². The molecule has 0 saturated heterocycles. The molecule has 0 unspecified atom stereocenters. The topological polar surface area (TPSA) is 0 Å². The Bertz CT molecular complexity index is 86.9. The van der Waals surface area contributed by atoms with Crippen molar-refractivity contribution in [1.82, 2.24) is 0 Å². The zero-order valence-electron chi connectivity index (χ0n) is 7.11. The van der Waals surface area contributed by atoms with E-state index in [0.717, 1.165) is 0 Å². The molecule has 1 heteroatoms. The Morgan fingerprint density at radius 3 is 2.00 bits per heavy atom. The fourth-order valence-corrected chi connectivity index (χ4v) is 1.28. The van der Waals surface area contributed by atoms with Gasteiger partial charge in [-0.1, -0.05) is 6.92 Å². The van der Waals surface area contributed by atoms with Crippen LogP contribution in [-0.2, 0) is 32.7 Å².